The number of ether oxygens (including phenoxy) is 2. The number of rotatable bonds is 8. The molecule has 5 rings (SSSR count). The lowest BCUT2D eigenvalue weighted by atomic mass is 10.1. The van der Waals surface area contributed by atoms with Gasteiger partial charge in [-0.2, -0.15) is 4.31 Å². The van der Waals surface area contributed by atoms with Crippen LogP contribution < -0.4 is 19.7 Å². The summed E-state index contributed by atoms with van der Waals surface area (Å²) in [6.45, 7) is 3.32. The van der Waals surface area contributed by atoms with Crippen LogP contribution in [0.4, 0.5) is 11.4 Å². The van der Waals surface area contributed by atoms with Gasteiger partial charge < -0.3 is 19.7 Å². The predicted molar refractivity (Wildman–Crippen MR) is 143 cm³/mol. The van der Waals surface area contributed by atoms with E-state index in [1.807, 2.05) is 30.3 Å². The summed E-state index contributed by atoms with van der Waals surface area (Å²) in [6, 6.07) is 20.4. The molecule has 1 saturated heterocycles. The van der Waals surface area contributed by atoms with E-state index in [2.05, 4.69) is 5.32 Å². The van der Waals surface area contributed by atoms with E-state index in [1.54, 1.807) is 30.0 Å². The van der Waals surface area contributed by atoms with Gasteiger partial charge in [0.1, 0.15) is 18.1 Å². The average molecular weight is 536 g/mol. The third-order valence-electron chi connectivity index (χ3n) is 6.57. The number of amides is 2. The van der Waals surface area contributed by atoms with Crippen LogP contribution in [0.5, 0.6) is 11.5 Å². The van der Waals surface area contributed by atoms with Crippen LogP contribution in [0.15, 0.2) is 77.7 Å². The normalized spacial score (nSPS) is 17.6. The van der Waals surface area contributed by atoms with E-state index in [0.29, 0.717) is 48.1 Å². The molecule has 10 heteroatoms. The van der Waals surface area contributed by atoms with Crippen molar-refractivity contribution in [2.45, 2.75) is 30.8 Å². The Balaban J connectivity index is 1.29. The molecule has 3 aromatic carbocycles. The first kappa shape index (κ1) is 25.7. The number of hydrogen-bond acceptors (Lipinski definition) is 6. The van der Waals surface area contributed by atoms with E-state index >= 15 is 0 Å². The molecule has 38 heavy (non-hydrogen) atoms. The molecule has 1 fully saturated rings. The molecule has 2 aliphatic heterocycles. The molecule has 0 aliphatic carbocycles. The Morgan fingerprint density at radius 3 is 2.45 bits per heavy atom. The van der Waals surface area contributed by atoms with Gasteiger partial charge in [0, 0.05) is 24.3 Å². The van der Waals surface area contributed by atoms with Crippen molar-refractivity contribution in [3.8, 4) is 11.5 Å². The SMILES string of the molecule is CC1Oc2ccc(NC(=O)c3ccc(S(=O)(=O)N4CCCC4)cc3)cc2N(CCOc2ccccc2)C1=O. The van der Waals surface area contributed by atoms with E-state index < -0.39 is 22.0 Å². The van der Waals surface area contributed by atoms with Crippen molar-refractivity contribution in [3.63, 3.8) is 0 Å². The van der Waals surface area contributed by atoms with E-state index in [9.17, 15) is 18.0 Å². The van der Waals surface area contributed by atoms with Crippen molar-refractivity contribution in [2.75, 3.05) is 36.5 Å². The van der Waals surface area contributed by atoms with E-state index in [1.165, 1.54) is 28.6 Å². The molecule has 1 unspecified atom stereocenters. The van der Waals surface area contributed by atoms with Crippen LogP contribution in [-0.4, -0.2) is 56.9 Å². The number of sulfonamides is 1. The minimum Gasteiger partial charge on any atom is -0.492 e. The first-order chi connectivity index (χ1) is 18.3. The van der Waals surface area contributed by atoms with Crippen molar-refractivity contribution < 1.29 is 27.5 Å². The minimum absolute atomic E-state index is 0.169. The zero-order valence-corrected chi connectivity index (χ0v) is 21.8. The third-order valence-corrected chi connectivity index (χ3v) is 8.48. The van der Waals surface area contributed by atoms with E-state index in [0.717, 1.165) is 12.8 Å². The molecule has 9 nitrogen and oxygen atoms in total. The van der Waals surface area contributed by atoms with Gasteiger partial charge in [0.2, 0.25) is 10.0 Å². The maximum atomic E-state index is 12.9. The molecule has 3 aromatic rings. The number of anilines is 2. The van der Waals surface area contributed by atoms with Crippen molar-refractivity contribution in [1.29, 1.82) is 0 Å². The summed E-state index contributed by atoms with van der Waals surface area (Å²) in [5.41, 5.74) is 1.33. The van der Waals surface area contributed by atoms with Gasteiger partial charge in [0.15, 0.2) is 6.10 Å². The summed E-state index contributed by atoms with van der Waals surface area (Å²) in [5.74, 6) is 0.644. The average Bonchev–Trinajstić information content (AvgIpc) is 3.48. The fourth-order valence-corrected chi connectivity index (χ4v) is 6.06. The van der Waals surface area contributed by atoms with Crippen molar-refractivity contribution >= 4 is 33.2 Å². The van der Waals surface area contributed by atoms with Crippen LogP contribution in [-0.2, 0) is 14.8 Å². The number of para-hydroxylation sites is 1. The zero-order chi connectivity index (χ0) is 26.7. The fourth-order valence-electron chi connectivity index (χ4n) is 4.55. The number of nitrogens with zero attached hydrogens (tertiary/aromatic N) is 2. The minimum atomic E-state index is -3.55. The Morgan fingerprint density at radius 1 is 1.03 bits per heavy atom. The smallest absolute Gasteiger partial charge is 0.267 e. The predicted octanol–water partition coefficient (Wildman–Crippen LogP) is 3.92. The van der Waals surface area contributed by atoms with Crippen molar-refractivity contribution in [3.05, 3.63) is 78.4 Å². The maximum absolute atomic E-state index is 12.9. The Morgan fingerprint density at radius 2 is 1.74 bits per heavy atom. The van der Waals surface area contributed by atoms with Crippen LogP contribution in [0.1, 0.15) is 30.1 Å². The molecule has 2 amide bonds. The molecule has 0 saturated carbocycles. The molecule has 2 heterocycles. The van der Waals surface area contributed by atoms with Crippen molar-refractivity contribution in [2.24, 2.45) is 0 Å². The Kier molecular flexibility index (Phi) is 7.35. The highest BCUT2D eigenvalue weighted by Crippen LogP contribution is 2.36. The summed E-state index contributed by atoms with van der Waals surface area (Å²) in [5, 5.41) is 2.83. The molecular weight excluding hydrogens is 506 g/mol. The molecule has 2 aliphatic rings. The lowest BCUT2D eigenvalue weighted by Crippen LogP contribution is -2.46. The van der Waals surface area contributed by atoms with E-state index in [-0.39, 0.29) is 17.4 Å². The number of carbonyl (C=O) groups excluding carboxylic acids is 2. The molecule has 0 spiro atoms. The van der Waals surface area contributed by atoms with Crippen molar-refractivity contribution in [1.82, 2.24) is 4.31 Å². The molecule has 198 valence electrons. The van der Waals surface area contributed by atoms with Gasteiger partial charge in [-0.25, -0.2) is 8.42 Å². The summed E-state index contributed by atoms with van der Waals surface area (Å²) in [7, 11) is -3.55. The first-order valence-electron chi connectivity index (χ1n) is 12.5. The van der Waals surface area contributed by atoms with Gasteiger partial charge in [-0.05, 0) is 74.4 Å². The van der Waals surface area contributed by atoms with Crippen LogP contribution >= 0.6 is 0 Å². The number of fused-ring (bicyclic) bond motifs is 1. The van der Waals surface area contributed by atoms with Crippen LogP contribution in [0.3, 0.4) is 0 Å². The zero-order valence-electron chi connectivity index (χ0n) is 21.0. The Bertz CT molecular complexity index is 1420. The van der Waals surface area contributed by atoms with Gasteiger partial charge in [-0.1, -0.05) is 18.2 Å². The first-order valence-corrected chi connectivity index (χ1v) is 14.0. The standard InChI is InChI=1S/C28H29N3O6S/c1-20-28(33)31(17-18-36-23-7-3-2-4-8-23)25-19-22(11-14-26(25)37-20)29-27(32)21-9-12-24(13-10-21)38(34,35)30-15-5-6-16-30/h2-4,7-14,19-20H,5-6,15-18H2,1H3,(H,29,32). The monoisotopic (exact) mass is 535 g/mol. The highest BCUT2D eigenvalue weighted by atomic mass is 32.2. The molecule has 0 bridgehead atoms. The largest absolute Gasteiger partial charge is 0.492 e. The van der Waals surface area contributed by atoms with Gasteiger partial charge in [0.25, 0.3) is 11.8 Å². The molecular formula is C28H29N3O6S. The van der Waals surface area contributed by atoms with Crippen LogP contribution in [0, 0.1) is 0 Å². The summed E-state index contributed by atoms with van der Waals surface area (Å²) in [4.78, 5) is 27.6. The van der Waals surface area contributed by atoms with Gasteiger partial charge in [-0.15, -0.1) is 0 Å². The molecule has 0 radical (unpaired) electrons. The molecule has 1 N–H and O–H groups in total. The molecule has 1 atom stereocenters. The number of carbonyl (C=O) groups is 2. The highest BCUT2D eigenvalue weighted by molar-refractivity contribution is 7.89. The summed E-state index contributed by atoms with van der Waals surface area (Å²) >= 11 is 0. The van der Waals surface area contributed by atoms with Crippen LogP contribution in [0.2, 0.25) is 0 Å². The third kappa shape index (κ3) is 5.36. The lowest BCUT2D eigenvalue weighted by Gasteiger charge is -2.33. The number of hydrogen-bond donors (Lipinski definition) is 1. The quantitative estimate of drug-likeness (QED) is 0.469. The van der Waals surface area contributed by atoms with Gasteiger partial charge in [0.05, 0.1) is 17.1 Å². The second-order valence-corrected chi connectivity index (χ2v) is 11.1. The topological polar surface area (TPSA) is 105 Å². The van der Waals surface area contributed by atoms with Crippen LogP contribution in [0.25, 0.3) is 0 Å². The summed E-state index contributed by atoms with van der Waals surface area (Å²) < 4.78 is 38.5. The fraction of sp³-hybridized carbons (Fsp3) is 0.286. The maximum Gasteiger partial charge on any atom is 0.267 e. The number of nitrogens with one attached hydrogen (secondary N) is 1. The Hall–Kier alpha value is -3.89. The van der Waals surface area contributed by atoms with Gasteiger partial charge >= 0.3 is 0 Å². The Labute approximate surface area is 222 Å². The number of benzene rings is 3. The van der Waals surface area contributed by atoms with Gasteiger partial charge in [-0.3, -0.25) is 9.59 Å². The second kappa shape index (κ2) is 10.8. The lowest BCUT2D eigenvalue weighted by molar-refractivity contribution is -0.125. The highest BCUT2D eigenvalue weighted by Gasteiger charge is 2.32. The second-order valence-electron chi connectivity index (χ2n) is 9.18. The molecule has 0 aromatic heterocycles. The van der Waals surface area contributed by atoms with E-state index in [4.69, 9.17) is 9.47 Å². The summed E-state index contributed by atoms with van der Waals surface area (Å²) in [6.07, 6.45) is 1.07.